The Kier molecular flexibility index (Phi) is 3.79. The monoisotopic (exact) mass is 221 g/mol. The van der Waals surface area contributed by atoms with E-state index in [-0.39, 0.29) is 12.5 Å². The first-order valence-corrected chi connectivity index (χ1v) is 6.15. The predicted octanol–water partition coefficient (Wildman–Crippen LogP) is 0.652. The van der Waals surface area contributed by atoms with Crippen LogP contribution in [0.1, 0.15) is 25.7 Å². The van der Waals surface area contributed by atoms with E-state index in [0.29, 0.717) is 6.54 Å². The number of carbonyl (C=O) groups excluding carboxylic acids is 1. The lowest BCUT2D eigenvalue weighted by atomic mass is 9.98. The minimum absolute atomic E-state index is 0.0770. The van der Waals surface area contributed by atoms with Gasteiger partial charge < -0.3 is 10.6 Å². The van der Waals surface area contributed by atoms with Crippen LogP contribution in [0.3, 0.4) is 0 Å². The van der Waals surface area contributed by atoms with Crippen molar-refractivity contribution in [1.82, 2.24) is 10.6 Å². The normalized spacial score (nSPS) is 19.5. The lowest BCUT2D eigenvalue weighted by Gasteiger charge is -2.15. The van der Waals surface area contributed by atoms with Gasteiger partial charge in [-0.15, -0.1) is 0 Å². The standard InChI is InChI=1S/C12H19N3O/c13-5-6-15-12(16)8-14-7-11(9-1-2-9)10-3-4-10/h9-11,14H,1-4,6-8H2,(H,15,16). The van der Waals surface area contributed by atoms with Crippen LogP contribution in [0, 0.1) is 29.1 Å². The average molecular weight is 221 g/mol. The molecule has 0 heterocycles. The number of nitrogens with zero attached hydrogens (tertiary/aromatic N) is 1. The largest absolute Gasteiger partial charge is 0.342 e. The van der Waals surface area contributed by atoms with Crippen LogP contribution in [0.25, 0.3) is 0 Å². The molecule has 2 N–H and O–H groups in total. The molecule has 1 amide bonds. The summed E-state index contributed by atoms with van der Waals surface area (Å²) in [7, 11) is 0. The van der Waals surface area contributed by atoms with E-state index in [0.717, 1.165) is 24.3 Å². The van der Waals surface area contributed by atoms with E-state index < -0.39 is 0 Å². The van der Waals surface area contributed by atoms with E-state index in [2.05, 4.69) is 10.6 Å². The maximum absolute atomic E-state index is 11.2. The summed E-state index contributed by atoms with van der Waals surface area (Å²) in [5.41, 5.74) is 0. The van der Waals surface area contributed by atoms with Crippen LogP contribution in [0.5, 0.6) is 0 Å². The van der Waals surface area contributed by atoms with Gasteiger partial charge in [-0.05, 0) is 50.0 Å². The second kappa shape index (κ2) is 5.31. The third kappa shape index (κ3) is 3.49. The van der Waals surface area contributed by atoms with E-state index in [1.54, 1.807) is 0 Å². The molecule has 16 heavy (non-hydrogen) atoms. The van der Waals surface area contributed by atoms with Crippen molar-refractivity contribution in [3.63, 3.8) is 0 Å². The number of amides is 1. The van der Waals surface area contributed by atoms with Gasteiger partial charge in [-0.25, -0.2) is 0 Å². The quantitative estimate of drug-likeness (QED) is 0.620. The molecule has 4 nitrogen and oxygen atoms in total. The fourth-order valence-electron chi connectivity index (χ4n) is 2.32. The third-order valence-corrected chi connectivity index (χ3v) is 3.49. The highest BCUT2D eigenvalue weighted by atomic mass is 16.1. The molecule has 2 saturated carbocycles. The summed E-state index contributed by atoms with van der Waals surface area (Å²) in [4.78, 5) is 11.2. The second-order valence-electron chi connectivity index (χ2n) is 4.90. The van der Waals surface area contributed by atoms with Gasteiger partial charge in [-0.3, -0.25) is 4.79 Å². The van der Waals surface area contributed by atoms with Crippen LogP contribution < -0.4 is 10.6 Å². The highest BCUT2D eigenvalue weighted by molar-refractivity contribution is 5.78. The molecule has 4 heteroatoms. The molecule has 2 rings (SSSR count). The molecule has 88 valence electrons. The van der Waals surface area contributed by atoms with E-state index in [1.165, 1.54) is 25.7 Å². The van der Waals surface area contributed by atoms with Gasteiger partial charge in [-0.1, -0.05) is 0 Å². The van der Waals surface area contributed by atoms with Gasteiger partial charge in [0.15, 0.2) is 0 Å². The van der Waals surface area contributed by atoms with Crippen LogP contribution >= 0.6 is 0 Å². The molecule has 0 aromatic heterocycles. The van der Waals surface area contributed by atoms with E-state index >= 15 is 0 Å². The van der Waals surface area contributed by atoms with Crippen LogP contribution in [0.4, 0.5) is 0 Å². The zero-order chi connectivity index (χ0) is 11.4. The Hall–Kier alpha value is -1.08. The molecule has 2 aliphatic carbocycles. The van der Waals surface area contributed by atoms with Gasteiger partial charge >= 0.3 is 0 Å². The van der Waals surface area contributed by atoms with Gasteiger partial charge in [-0.2, -0.15) is 5.26 Å². The summed E-state index contributed by atoms with van der Waals surface area (Å²) < 4.78 is 0. The molecule has 0 aromatic carbocycles. The smallest absolute Gasteiger partial charge is 0.234 e. The number of nitrogens with one attached hydrogen (secondary N) is 2. The Morgan fingerprint density at radius 3 is 2.44 bits per heavy atom. The summed E-state index contributed by atoms with van der Waals surface area (Å²) in [6, 6.07) is 1.89. The predicted molar refractivity (Wildman–Crippen MR) is 60.4 cm³/mol. The Bertz CT molecular complexity index is 277. The molecule has 0 bridgehead atoms. The molecule has 0 radical (unpaired) electrons. The summed E-state index contributed by atoms with van der Waals surface area (Å²) >= 11 is 0. The summed E-state index contributed by atoms with van der Waals surface area (Å²) in [5, 5.41) is 14.1. The second-order valence-corrected chi connectivity index (χ2v) is 4.90. The zero-order valence-corrected chi connectivity index (χ0v) is 9.54. The first-order valence-electron chi connectivity index (χ1n) is 6.15. The molecule has 2 aliphatic rings. The fraction of sp³-hybridized carbons (Fsp3) is 0.833. The SMILES string of the molecule is N#CCNC(=O)CNCC(C1CC1)C1CC1. The maximum atomic E-state index is 11.2. The first-order chi connectivity index (χ1) is 7.81. The van der Waals surface area contributed by atoms with Crippen molar-refractivity contribution >= 4 is 5.91 Å². The number of nitriles is 1. The van der Waals surface area contributed by atoms with Crippen molar-refractivity contribution in [2.75, 3.05) is 19.6 Å². The van der Waals surface area contributed by atoms with Gasteiger partial charge in [0.25, 0.3) is 0 Å². The van der Waals surface area contributed by atoms with Crippen LogP contribution in [0.2, 0.25) is 0 Å². The molecular weight excluding hydrogens is 202 g/mol. The number of carbonyl (C=O) groups is 1. The van der Waals surface area contributed by atoms with Gasteiger partial charge in [0.1, 0.15) is 6.54 Å². The molecule has 0 saturated heterocycles. The zero-order valence-electron chi connectivity index (χ0n) is 9.54. The van der Waals surface area contributed by atoms with E-state index in [1.807, 2.05) is 6.07 Å². The van der Waals surface area contributed by atoms with E-state index in [9.17, 15) is 4.79 Å². The highest BCUT2D eigenvalue weighted by Crippen LogP contribution is 2.48. The summed E-state index contributed by atoms with van der Waals surface area (Å²) in [6.45, 7) is 1.42. The number of hydrogen-bond acceptors (Lipinski definition) is 3. The Balaban J connectivity index is 1.59. The molecule has 0 aliphatic heterocycles. The average Bonchev–Trinajstić information content (AvgIpc) is 3.14. The topological polar surface area (TPSA) is 64.9 Å². The van der Waals surface area contributed by atoms with Crippen molar-refractivity contribution < 1.29 is 4.79 Å². The van der Waals surface area contributed by atoms with Crippen molar-refractivity contribution in [3.8, 4) is 6.07 Å². The molecule has 0 spiro atoms. The van der Waals surface area contributed by atoms with E-state index in [4.69, 9.17) is 5.26 Å². The minimum Gasteiger partial charge on any atom is -0.342 e. The summed E-state index contributed by atoms with van der Waals surface area (Å²) in [5.74, 6) is 2.56. The Morgan fingerprint density at radius 2 is 1.94 bits per heavy atom. The molecule has 0 atom stereocenters. The van der Waals surface area contributed by atoms with Crippen LogP contribution in [-0.2, 0) is 4.79 Å². The van der Waals surface area contributed by atoms with Gasteiger partial charge in [0, 0.05) is 0 Å². The number of rotatable bonds is 7. The van der Waals surface area contributed by atoms with Crippen LogP contribution in [0.15, 0.2) is 0 Å². The van der Waals surface area contributed by atoms with Crippen molar-refractivity contribution in [3.05, 3.63) is 0 Å². The maximum Gasteiger partial charge on any atom is 0.234 e. The first kappa shape index (κ1) is 11.4. The van der Waals surface area contributed by atoms with Crippen molar-refractivity contribution in [2.45, 2.75) is 25.7 Å². The molecular formula is C12H19N3O. The minimum atomic E-state index is -0.0770. The number of hydrogen-bond donors (Lipinski definition) is 2. The lowest BCUT2D eigenvalue weighted by molar-refractivity contribution is -0.120. The lowest BCUT2D eigenvalue weighted by Crippen LogP contribution is -2.36. The molecule has 2 fully saturated rings. The van der Waals surface area contributed by atoms with Crippen molar-refractivity contribution in [2.24, 2.45) is 17.8 Å². The summed E-state index contributed by atoms with van der Waals surface area (Å²) in [6.07, 6.45) is 5.51. The Morgan fingerprint density at radius 1 is 1.31 bits per heavy atom. The molecule has 0 aromatic rings. The third-order valence-electron chi connectivity index (χ3n) is 3.49. The van der Waals surface area contributed by atoms with Crippen molar-refractivity contribution in [1.29, 1.82) is 5.26 Å². The van der Waals surface area contributed by atoms with Gasteiger partial charge in [0.05, 0.1) is 12.6 Å². The highest BCUT2D eigenvalue weighted by Gasteiger charge is 2.40. The Labute approximate surface area is 96.4 Å². The fourth-order valence-corrected chi connectivity index (χ4v) is 2.32. The van der Waals surface area contributed by atoms with Crippen LogP contribution in [-0.4, -0.2) is 25.5 Å². The van der Waals surface area contributed by atoms with Gasteiger partial charge in [0.2, 0.25) is 5.91 Å². The molecule has 0 unspecified atom stereocenters.